The van der Waals surface area contributed by atoms with E-state index in [-0.39, 0.29) is 23.8 Å². The molecule has 0 saturated carbocycles. The molecule has 0 heterocycles. The average Bonchev–Trinajstić information content (AvgIpc) is 2.91. The van der Waals surface area contributed by atoms with Crippen LogP contribution in [0, 0.1) is 11.6 Å². The molecule has 0 fully saturated rings. The van der Waals surface area contributed by atoms with Gasteiger partial charge in [-0.25, -0.2) is 13.6 Å². The summed E-state index contributed by atoms with van der Waals surface area (Å²) in [7, 11) is 0. The van der Waals surface area contributed by atoms with Crippen molar-refractivity contribution in [1.29, 1.82) is 0 Å². The van der Waals surface area contributed by atoms with E-state index in [4.69, 9.17) is 9.84 Å². The molecular formula is C30H25F2NO4. The van der Waals surface area contributed by atoms with E-state index in [1.165, 1.54) is 36.4 Å². The SMILES string of the molecule is O=C(O)c1ccc(CNC(=O)c2ccc(CCC(Oc3ccccc3F)c3cccc(F)c3)cc2)cc1. The molecule has 0 spiro atoms. The van der Waals surface area contributed by atoms with Gasteiger partial charge in [-0.3, -0.25) is 4.79 Å². The molecule has 0 bridgehead atoms. The smallest absolute Gasteiger partial charge is 0.335 e. The highest BCUT2D eigenvalue weighted by Gasteiger charge is 2.17. The number of ether oxygens (including phenoxy) is 1. The standard InChI is InChI=1S/C30H25F2NO4/c31-25-5-3-4-24(18-25)27(37-28-7-2-1-6-26(28)32)17-12-20-8-13-22(14-9-20)29(34)33-19-21-10-15-23(16-11-21)30(35)36/h1-11,13-16,18,27H,12,17,19H2,(H,33,34)(H,35,36). The van der Waals surface area contributed by atoms with Crippen LogP contribution in [0.3, 0.4) is 0 Å². The zero-order valence-corrected chi connectivity index (χ0v) is 19.9. The summed E-state index contributed by atoms with van der Waals surface area (Å²) in [5, 5.41) is 11.8. The van der Waals surface area contributed by atoms with Gasteiger partial charge in [0.2, 0.25) is 0 Å². The van der Waals surface area contributed by atoms with E-state index in [1.807, 2.05) is 12.1 Å². The van der Waals surface area contributed by atoms with E-state index in [1.54, 1.807) is 48.5 Å². The van der Waals surface area contributed by atoms with Gasteiger partial charge in [0.25, 0.3) is 5.91 Å². The second-order valence-corrected chi connectivity index (χ2v) is 8.51. The third-order valence-electron chi connectivity index (χ3n) is 5.89. The molecule has 4 aromatic rings. The largest absolute Gasteiger partial charge is 0.483 e. The van der Waals surface area contributed by atoms with Gasteiger partial charge in [0, 0.05) is 12.1 Å². The molecule has 1 amide bonds. The number of aromatic carboxylic acids is 1. The predicted molar refractivity (Wildman–Crippen MR) is 136 cm³/mol. The van der Waals surface area contributed by atoms with Crippen LogP contribution in [0.1, 0.15) is 49.9 Å². The summed E-state index contributed by atoms with van der Waals surface area (Å²) in [5.41, 5.74) is 3.00. The van der Waals surface area contributed by atoms with Crippen LogP contribution in [-0.4, -0.2) is 17.0 Å². The zero-order valence-electron chi connectivity index (χ0n) is 19.9. The van der Waals surface area contributed by atoms with Crippen LogP contribution in [0.2, 0.25) is 0 Å². The first-order valence-electron chi connectivity index (χ1n) is 11.7. The van der Waals surface area contributed by atoms with Crippen LogP contribution in [0.15, 0.2) is 97.1 Å². The van der Waals surface area contributed by atoms with Gasteiger partial charge in [-0.05, 0) is 78.1 Å². The lowest BCUT2D eigenvalue weighted by Gasteiger charge is -2.20. The van der Waals surface area contributed by atoms with Crippen LogP contribution >= 0.6 is 0 Å². The van der Waals surface area contributed by atoms with Crippen molar-refractivity contribution >= 4 is 11.9 Å². The van der Waals surface area contributed by atoms with Gasteiger partial charge < -0.3 is 15.2 Å². The summed E-state index contributed by atoms with van der Waals surface area (Å²) >= 11 is 0. The van der Waals surface area contributed by atoms with E-state index in [2.05, 4.69) is 5.32 Å². The van der Waals surface area contributed by atoms with Gasteiger partial charge >= 0.3 is 5.97 Å². The van der Waals surface area contributed by atoms with Crippen molar-refractivity contribution < 1.29 is 28.2 Å². The van der Waals surface area contributed by atoms with Crippen molar-refractivity contribution in [2.24, 2.45) is 0 Å². The maximum atomic E-state index is 14.2. The Balaban J connectivity index is 1.37. The number of amides is 1. The fourth-order valence-corrected chi connectivity index (χ4v) is 3.86. The Kier molecular flexibility index (Phi) is 8.26. The molecule has 5 nitrogen and oxygen atoms in total. The van der Waals surface area contributed by atoms with Crippen LogP contribution in [0.4, 0.5) is 8.78 Å². The van der Waals surface area contributed by atoms with Crippen LogP contribution in [-0.2, 0) is 13.0 Å². The Labute approximate surface area is 213 Å². The number of carbonyl (C=O) groups excluding carboxylic acids is 1. The maximum Gasteiger partial charge on any atom is 0.335 e. The number of para-hydroxylation sites is 1. The number of carboxylic acids is 1. The minimum Gasteiger partial charge on any atom is -0.483 e. The summed E-state index contributed by atoms with van der Waals surface area (Å²) in [6, 6.07) is 25.6. The van der Waals surface area contributed by atoms with Crippen molar-refractivity contribution in [1.82, 2.24) is 5.32 Å². The lowest BCUT2D eigenvalue weighted by molar-refractivity contribution is 0.0696. The lowest BCUT2D eigenvalue weighted by atomic mass is 10.00. The Morgan fingerprint density at radius 2 is 1.49 bits per heavy atom. The Hall–Kier alpha value is -4.52. The summed E-state index contributed by atoms with van der Waals surface area (Å²) in [5.74, 6) is -2.04. The van der Waals surface area contributed by atoms with Crippen LogP contribution < -0.4 is 10.1 Å². The Bertz CT molecular complexity index is 1370. The highest BCUT2D eigenvalue weighted by molar-refractivity contribution is 5.94. The first kappa shape index (κ1) is 25.6. The molecule has 0 saturated heterocycles. The monoisotopic (exact) mass is 501 g/mol. The van der Waals surface area contributed by atoms with Gasteiger partial charge in [-0.15, -0.1) is 0 Å². The van der Waals surface area contributed by atoms with Crippen molar-refractivity contribution in [2.45, 2.75) is 25.5 Å². The van der Waals surface area contributed by atoms with Crippen molar-refractivity contribution in [3.05, 3.63) is 137 Å². The van der Waals surface area contributed by atoms with E-state index in [0.29, 0.717) is 24.0 Å². The molecule has 37 heavy (non-hydrogen) atoms. The maximum absolute atomic E-state index is 14.2. The molecule has 0 radical (unpaired) electrons. The average molecular weight is 502 g/mol. The van der Waals surface area contributed by atoms with Crippen LogP contribution in [0.25, 0.3) is 0 Å². The fourth-order valence-electron chi connectivity index (χ4n) is 3.86. The molecule has 7 heteroatoms. The molecule has 2 N–H and O–H groups in total. The summed E-state index contributed by atoms with van der Waals surface area (Å²) < 4.78 is 34.0. The number of hydrogen-bond donors (Lipinski definition) is 2. The van der Waals surface area contributed by atoms with Crippen molar-refractivity contribution in [3.8, 4) is 5.75 Å². The van der Waals surface area contributed by atoms with Gasteiger partial charge in [-0.2, -0.15) is 0 Å². The number of nitrogens with one attached hydrogen (secondary N) is 1. The van der Waals surface area contributed by atoms with Crippen LogP contribution in [0.5, 0.6) is 5.75 Å². The number of rotatable bonds is 10. The van der Waals surface area contributed by atoms with E-state index >= 15 is 0 Å². The number of halogens is 2. The molecule has 4 rings (SSSR count). The van der Waals surface area contributed by atoms with Crippen molar-refractivity contribution in [2.75, 3.05) is 0 Å². The molecule has 188 valence electrons. The molecule has 0 aliphatic heterocycles. The molecule has 1 atom stereocenters. The Morgan fingerprint density at radius 1 is 0.811 bits per heavy atom. The number of benzene rings is 4. The Morgan fingerprint density at radius 3 is 2.16 bits per heavy atom. The third kappa shape index (κ3) is 7.01. The van der Waals surface area contributed by atoms with Gasteiger partial charge in [0.15, 0.2) is 11.6 Å². The summed E-state index contributed by atoms with van der Waals surface area (Å²) in [4.78, 5) is 23.5. The summed E-state index contributed by atoms with van der Waals surface area (Å²) in [6.07, 6.45) is 0.464. The highest BCUT2D eigenvalue weighted by atomic mass is 19.1. The quantitative estimate of drug-likeness (QED) is 0.266. The first-order valence-corrected chi connectivity index (χ1v) is 11.7. The van der Waals surface area contributed by atoms with E-state index < -0.39 is 23.7 Å². The topological polar surface area (TPSA) is 75.6 Å². The minimum atomic E-state index is -1.00. The first-order chi connectivity index (χ1) is 17.9. The molecule has 0 aliphatic rings. The number of carboxylic acid groups (broad SMARTS) is 1. The highest BCUT2D eigenvalue weighted by Crippen LogP contribution is 2.28. The van der Waals surface area contributed by atoms with Gasteiger partial charge in [0.05, 0.1) is 5.56 Å². The summed E-state index contributed by atoms with van der Waals surface area (Å²) in [6.45, 7) is 0.267. The number of carbonyl (C=O) groups is 2. The van der Waals surface area contributed by atoms with Gasteiger partial charge in [-0.1, -0.05) is 48.5 Å². The minimum absolute atomic E-state index is 0.0985. The second kappa shape index (κ2) is 11.9. The third-order valence-corrected chi connectivity index (χ3v) is 5.89. The number of aryl methyl sites for hydroxylation is 1. The molecule has 4 aromatic carbocycles. The molecule has 0 aliphatic carbocycles. The molecule has 0 aromatic heterocycles. The fraction of sp³-hybridized carbons (Fsp3) is 0.133. The van der Waals surface area contributed by atoms with E-state index in [9.17, 15) is 18.4 Å². The normalized spacial score (nSPS) is 11.5. The molecular weight excluding hydrogens is 476 g/mol. The zero-order chi connectivity index (χ0) is 26.2. The predicted octanol–water partition coefficient (Wildman–Crippen LogP) is 6.35. The number of hydrogen-bond acceptors (Lipinski definition) is 3. The van der Waals surface area contributed by atoms with Gasteiger partial charge in [0.1, 0.15) is 11.9 Å². The van der Waals surface area contributed by atoms with Crippen molar-refractivity contribution in [3.63, 3.8) is 0 Å². The van der Waals surface area contributed by atoms with E-state index in [0.717, 1.165) is 11.1 Å². The second-order valence-electron chi connectivity index (χ2n) is 8.51. The lowest BCUT2D eigenvalue weighted by Crippen LogP contribution is -2.22. The molecule has 1 unspecified atom stereocenters.